The van der Waals surface area contributed by atoms with E-state index >= 15 is 0 Å². The first-order chi connectivity index (χ1) is 6.88. The van der Waals surface area contributed by atoms with Gasteiger partial charge in [0.05, 0.1) is 5.92 Å². The smallest absolute Gasteiger partial charge is 0.309 e. The van der Waals surface area contributed by atoms with Gasteiger partial charge in [-0.3, -0.25) is 9.59 Å². The summed E-state index contributed by atoms with van der Waals surface area (Å²) in [5.74, 6) is -2.20. The molecule has 15 heavy (non-hydrogen) atoms. The lowest BCUT2D eigenvalue weighted by Gasteiger charge is -2.22. The van der Waals surface area contributed by atoms with Crippen LogP contribution >= 0.6 is 11.6 Å². The van der Waals surface area contributed by atoms with Crippen LogP contribution in [0.4, 0.5) is 0 Å². The molecule has 4 nitrogen and oxygen atoms in total. The lowest BCUT2D eigenvalue weighted by molar-refractivity contribution is -0.156. The Bertz CT molecular complexity index is 229. The molecule has 3 atom stereocenters. The molecule has 0 aromatic heterocycles. The number of esters is 1. The highest BCUT2D eigenvalue weighted by atomic mass is 35.5. The summed E-state index contributed by atoms with van der Waals surface area (Å²) in [6, 6.07) is 0. The Kier molecular flexibility index (Phi) is 6.32. The van der Waals surface area contributed by atoms with Gasteiger partial charge in [0.2, 0.25) is 0 Å². The van der Waals surface area contributed by atoms with Gasteiger partial charge in [-0.05, 0) is 13.3 Å². The first-order valence-electron chi connectivity index (χ1n) is 4.92. The minimum absolute atomic E-state index is 0.170. The third kappa shape index (κ3) is 5.62. The number of alkyl halides is 1. The average molecular weight is 237 g/mol. The van der Waals surface area contributed by atoms with E-state index in [4.69, 9.17) is 21.4 Å². The molecule has 0 aromatic carbocycles. The standard InChI is InChI=1S/C10H17ClO4/c1-4-8(11)5-9(15-7(3)12)6(2)10(13)14/h6,8-9H,4-5H2,1-3H3,(H,13,14). The van der Waals surface area contributed by atoms with Gasteiger partial charge in [0.25, 0.3) is 0 Å². The number of carbonyl (C=O) groups is 2. The van der Waals surface area contributed by atoms with Crippen molar-refractivity contribution in [3.05, 3.63) is 0 Å². The van der Waals surface area contributed by atoms with Gasteiger partial charge < -0.3 is 9.84 Å². The highest BCUT2D eigenvalue weighted by Gasteiger charge is 2.28. The van der Waals surface area contributed by atoms with Crippen LogP contribution in [-0.4, -0.2) is 28.5 Å². The zero-order valence-corrected chi connectivity index (χ0v) is 9.95. The number of carbonyl (C=O) groups excluding carboxylic acids is 1. The molecule has 88 valence electrons. The van der Waals surface area contributed by atoms with Crippen LogP contribution in [0, 0.1) is 5.92 Å². The predicted molar refractivity (Wildman–Crippen MR) is 56.9 cm³/mol. The summed E-state index contributed by atoms with van der Waals surface area (Å²) in [5, 5.41) is 8.65. The zero-order chi connectivity index (χ0) is 12.0. The molecule has 0 fully saturated rings. The molecular weight excluding hydrogens is 220 g/mol. The van der Waals surface area contributed by atoms with Gasteiger partial charge in [0.1, 0.15) is 6.10 Å². The predicted octanol–water partition coefficient (Wildman–Crippen LogP) is 2.05. The van der Waals surface area contributed by atoms with Crippen molar-refractivity contribution < 1.29 is 19.4 Å². The Morgan fingerprint density at radius 1 is 1.47 bits per heavy atom. The van der Waals surface area contributed by atoms with E-state index in [1.165, 1.54) is 13.8 Å². The van der Waals surface area contributed by atoms with Crippen LogP contribution in [0.3, 0.4) is 0 Å². The Balaban J connectivity index is 4.42. The molecule has 0 aliphatic rings. The van der Waals surface area contributed by atoms with Crippen LogP contribution in [0.1, 0.15) is 33.6 Å². The highest BCUT2D eigenvalue weighted by molar-refractivity contribution is 6.20. The van der Waals surface area contributed by atoms with E-state index < -0.39 is 24.0 Å². The molecule has 0 rings (SSSR count). The monoisotopic (exact) mass is 236 g/mol. The quantitative estimate of drug-likeness (QED) is 0.566. The fraction of sp³-hybridized carbons (Fsp3) is 0.800. The molecular formula is C10H17ClO4. The first kappa shape index (κ1) is 14.2. The molecule has 0 aliphatic carbocycles. The highest BCUT2D eigenvalue weighted by Crippen LogP contribution is 2.19. The molecule has 3 unspecified atom stereocenters. The van der Waals surface area contributed by atoms with E-state index in [-0.39, 0.29) is 5.38 Å². The SMILES string of the molecule is CCC(Cl)CC(OC(C)=O)C(C)C(=O)O. The van der Waals surface area contributed by atoms with Gasteiger partial charge in [0, 0.05) is 18.7 Å². The molecule has 0 spiro atoms. The van der Waals surface area contributed by atoms with Crippen molar-refractivity contribution in [3.8, 4) is 0 Å². The Morgan fingerprint density at radius 3 is 2.33 bits per heavy atom. The Labute approximate surface area is 94.6 Å². The number of carboxylic acid groups (broad SMARTS) is 1. The number of hydrogen-bond acceptors (Lipinski definition) is 3. The lowest BCUT2D eigenvalue weighted by atomic mass is 9.99. The maximum atomic E-state index is 10.8. The molecule has 0 aromatic rings. The summed E-state index contributed by atoms with van der Waals surface area (Å²) >= 11 is 5.91. The van der Waals surface area contributed by atoms with E-state index in [1.807, 2.05) is 6.92 Å². The van der Waals surface area contributed by atoms with Crippen LogP contribution in [0.25, 0.3) is 0 Å². The second-order valence-electron chi connectivity index (χ2n) is 3.52. The van der Waals surface area contributed by atoms with E-state index in [0.29, 0.717) is 12.8 Å². The van der Waals surface area contributed by atoms with Crippen LogP contribution in [0.2, 0.25) is 0 Å². The maximum Gasteiger partial charge on any atom is 0.309 e. The largest absolute Gasteiger partial charge is 0.481 e. The molecule has 0 amide bonds. The molecule has 0 saturated carbocycles. The van der Waals surface area contributed by atoms with E-state index in [0.717, 1.165) is 0 Å². The number of halogens is 1. The van der Waals surface area contributed by atoms with Crippen molar-refractivity contribution in [1.82, 2.24) is 0 Å². The summed E-state index contributed by atoms with van der Waals surface area (Å²) < 4.78 is 4.94. The van der Waals surface area contributed by atoms with E-state index in [1.54, 1.807) is 0 Å². The second kappa shape index (κ2) is 6.67. The minimum Gasteiger partial charge on any atom is -0.481 e. The maximum absolute atomic E-state index is 10.8. The number of aliphatic carboxylic acids is 1. The fourth-order valence-corrected chi connectivity index (χ4v) is 1.32. The van der Waals surface area contributed by atoms with Crippen molar-refractivity contribution in [2.75, 3.05) is 0 Å². The van der Waals surface area contributed by atoms with Crippen molar-refractivity contribution in [2.24, 2.45) is 5.92 Å². The molecule has 0 bridgehead atoms. The zero-order valence-electron chi connectivity index (χ0n) is 9.20. The molecule has 5 heteroatoms. The average Bonchev–Trinajstić information content (AvgIpc) is 2.14. The van der Waals surface area contributed by atoms with Gasteiger partial charge in [-0.25, -0.2) is 0 Å². The summed E-state index contributed by atoms with van der Waals surface area (Å²) in [7, 11) is 0. The second-order valence-corrected chi connectivity index (χ2v) is 4.13. The number of ether oxygens (including phenoxy) is 1. The van der Waals surface area contributed by atoms with Crippen molar-refractivity contribution in [2.45, 2.75) is 45.1 Å². The van der Waals surface area contributed by atoms with Crippen molar-refractivity contribution >= 4 is 23.5 Å². The Morgan fingerprint density at radius 2 is 2.00 bits per heavy atom. The minimum atomic E-state index is -0.985. The van der Waals surface area contributed by atoms with Gasteiger partial charge in [-0.1, -0.05) is 6.92 Å². The Hall–Kier alpha value is -0.770. The van der Waals surface area contributed by atoms with Gasteiger partial charge in [-0.2, -0.15) is 0 Å². The molecule has 0 radical (unpaired) electrons. The van der Waals surface area contributed by atoms with Crippen molar-refractivity contribution in [1.29, 1.82) is 0 Å². The number of rotatable bonds is 6. The molecule has 1 N–H and O–H groups in total. The van der Waals surface area contributed by atoms with E-state index in [9.17, 15) is 9.59 Å². The normalized spacial score (nSPS) is 16.5. The van der Waals surface area contributed by atoms with Gasteiger partial charge >= 0.3 is 11.9 Å². The summed E-state index contributed by atoms with van der Waals surface area (Å²) in [5.41, 5.74) is 0. The van der Waals surface area contributed by atoms with Crippen LogP contribution < -0.4 is 0 Å². The number of hydrogen-bond donors (Lipinski definition) is 1. The van der Waals surface area contributed by atoms with Gasteiger partial charge in [0.15, 0.2) is 0 Å². The topological polar surface area (TPSA) is 63.6 Å². The number of carboxylic acids is 1. The van der Waals surface area contributed by atoms with Crippen molar-refractivity contribution in [3.63, 3.8) is 0 Å². The first-order valence-corrected chi connectivity index (χ1v) is 5.36. The molecule has 0 saturated heterocycles. The summed E-state index contributed by atoms with van der Waals surface area (Å²) in [6.07, 6.45) is 0.430. The van der Waals surface area contributed by atoms with Crippen LogP contribution in [-0.2, 0) is 14.3 Å². The van der Waals surface area contributed by atoms with Crippen LogP contribution in [0.5, 0.6) is 0 Å². The van der Waals surface area contributed by atoms with Crippen LogP contribution in [0.15, 0.2) is 0 Å². The summed E-state index contributed by atoms with van der Waals surface area (Å²) in [6.45, 7) is 4.67. The van der Waals surface area contributed by atoms with Gasteiger partial charge in [-0.15, -0.1) is 11.6 Å². The third-order valence-electron chi connectivity index (χ3n) is 2.20. The lowest BCUT2D eigenvalue weighted by Crippen LogP contribution is -2.32. The third-order valence-corrected chi connectivity index (χ3v) is 2.68. The molecule has 0 aliphatic heterocycles. The van der Waals surface area contributed by atoms with E-state index in [2.05, 4.69) is 0 Å². The fourth-order valence-electron chi connectivity index (χ4n) is 1.15. The molecule has 0 heterocycles. The summed E-state index contributed by atoms with van der Waals surface area (Å²) in [4.78, 5) is 21.6.